The molecule has 136 valence electrons. The van der Waals surface area contributed by atoms with E-state index in [0.717, 1.165) is 18.7 Å². The summed E-state index contributed by atoms with van der Waals surface area (Å²) in [4.78, 5) is 25.7. The first-order chi connectivity index (χ1) is 12.1. The molecule has 1 fully saturated rings. The van der Waals surface area contributed by atoms with Crippen molar-refractivity contribution in [1.29, 1.82) is 0 Å². The topological polar surface area (TPSA) is 90.9 Å². The van der Waals surface area contributed by atoms with Crippen molar-refractivity contribution in [2.45, 2.75) is 38.4 Å². The molecule has 0 saturated carbocycles. The van der Waals surface area contributed by atoms with Crippen LogP contribution in [0.3, 0.4) is 0 Å². The van der Waals surface area contributed by atoms with Crippen LogP contribution in [0.15, 0.2) is 18.2 Å². The number of likely N-dealkylation sites (tertiary alicyclic amines) is 1. The molecule has 7 heteroatoms. The van der Waals surface area contributed by atoms with Crippen LogP contribution in [-0.4, -0.2) is 54.3 Å². The molecule has 3 N–H and O–H groups in total. The van der Waals surface area contributed by atoms with E-state index >= 15 is 0 Å². The molecule has 0 spiro atoms. The molecule has 1 atom stereocenters. The van der Waals surface area contributed by atoms with Gasteiger partial charge in [0.15, 0.2) is 0 Å². The molecule has 2 aliphatic rings. The molecular formula is C18H25N3O4. The second-order valence-corrected chi connectivity index (χ2v) is 6.65. The van der Waals surface area contributed by atoms with Crippen LogP contribution in [0, 0.1) is 0 Å². The molecule has 7 nitrogen and oxygen atoms in total. The number of cyclic esters (lactones) is 1. The van der Waals surface area contributed by atoms with Gasteiger partial charge in [-0.3, -0.25) is 0 Å². The van der Waals surface area contributed by atoms with Gasteiger partial charge in [-0.2, -0.15) is 0 Å². The summed E-state index contributed by atoms with van der Waals surface area (Å²) in [6.45, 7) is 3.05. The number of carbonyl (C=O) groups excluding carboxylic acids is 2. The number of aliphatic hydroxyl groups excluding tert-OH is 1. The third kappa shape index (κ3) is 4.93. The summed E-state index contributed by atoms with van der Waals surface area (Å²) >= 11 is 0. The summed E-state index contributed by atoms with van der Waals surface area (Å²) in [5, 5.41) is 15.5. The first kappa shape index (κ1) is 17.7. The number of anilines is 1. The lowest BCUT2D eigenvalue weighted by Crippen LogP contribution is -2.41. The quantitative estimate of drug-likeness (QED) is 0.706. The van der Waals surface area contributed by atoms with Gasteiger partial charge in [0, 0.05) is 24.3 Å². The number of esters is 1. The standard InChI is InChI=1S/C18H25N3O4/c22-15(11-21-7-3-1-2-4-8-21)10-19-18(24)20-14-5-6-16-13(9-14)12-25-17(16)23/h5-6,9,15,22H,1-4,7-8,10-12H2,(H2,19,20,24)/t15-/m1/s1. The van der Waals surface area contributed by atoms with Crippen molar-refractivity contribution in [3.05, 3.63) is 29.3 Å². The van der Waals surface area contributed by atoms with Crippen LogP contribution in [0.4, 0.5) is 10.5 Å². The SMILES string of the molecule is O=C(NC[C@@H](O)CN1CCCCCC1)Nc1ccc2c(c1)COC2=O. The minimum absolute atomic E-state index is 0.203. The van der Waals surface area contributed by atoms with Crippen LogP contribution < -0.4 is 10.6 Å². The Morgan fingerprint density at radius 1 is 1.24 bits per heavy atom. The first-order valence-electron chi connectivity index (χ1n) is 8.87. The van der Waals surface area contributed by atoms with Crippen LogP contribution in [0.25, 0.3) is 0 Å². The van der Waals surface area contributed by atoms with E-state index < -0.39 is 6.10 Å². The second-order valence-electron chi connectivity index (χ2n) is 6.65. The predicted molar refractivity (Wildman–Crippen MR) is 93.5 cm³/mol. The Labute approximate surface area is 147 Å². The summed E-state index contributed by atoms with van der Waals surface area (Å²) in [5.41, 5.74) is 1.90. The van der Waals surface area contributed by atoms with E-state index in [4.69, 9.17) is 4.74 Å². The van der Waals surface area contributed by atoms with Crippen LogP contribution in [0.2, 0.25) is 0 Å². The number of carbonyl (C=O) groups is 2. The average molecular weight is 347 g/mol. The maximum absolute atomic E-state index is 12.0. The Morgan fingerprint density at radius 3 is 2.76 bits per heavy atom. The van der Waals surface area contributed by atoms with Gasteiger partial charge in [0.05, 0.1) is 11.7 Å². The summed E-state index contributed by atoms with van der Waals surface area (Å²) in [5.74, 6) is -0.331. The zero-order valence-corrected chi connectivity index (χ0v) is 14.3. The van der Waals surface area contributed by atoms with Gasteiger partial charge in [-0.15, -0.1) is 0 Å². The zero-order valence-electron chi connectivity index (χ0n) is 14.3. The van der Waals surface area contributed by atoms with Crippen molar-refractivity contribution in [3.8, 4) is 0 Å². The molecule has 25 heavy (non-hydrogen) atoms. The van der Waals surface area contributed by atoms with Gasteiger partial charge in [0.1, 0.15) is 6.61 Å². The number of hydrogen-bond acceptors (Lipinski definition) is 5. The van der Waals surface area contributed by atoms with Crippen molar-refractivity contribution >= 4 is 17.7 Å². The number of hydrogen-bond donors (Lipinski definition) is 3. The molecule has 1 aromatic rings. The minimum Gasteiger partial charge on any atom is -0.457 e. The number of benzene rings is 1. The van der Waals surface area contributed by atoms with Crippen molar-refractivity contribution in [1.82, 2.24) is 10.2 Å². The Kier molecular flexibility index (Phi) is 5.88. The number of fused-ring (bicyclic) bond motifs is 1. The fourth-order valence-electron chi connectivity index (χ4n) is 3.28. The fourth-order valence-corrected chi connectivity index (χ4v) is 3.28. The van der Waals surface area contributed by atoms with Gasteiger partial charge in [0.2, 0.25) is 0 Å². The highest BCUT2D eigenvalue weighted by Crippen LogP contribution is 2.23. The van der Waals surface area contributed by atoms with Crippen LogP contribution >= 0.6 is 0 Å². The number of aliphatic hydroxyl groups is 1. The Balaban J connectivity index is 1.42. The van der Waals surface area contributed by atoms with Crippen LogP contribution in [0.1, 0.15) is 41.6 Å². The third-order valence-corrected chi connectivity index (χ3v) is 4.61. The predicted octanol–water partition coefficient (Wildman–Crippen LogP) is 1.72. The van der Waals surface area contributed by atoms with Crippen molar-refractivity contribution in [2.24, 2.45) is 0 Å². The van der Waals surface area contributed by atoms with Crippen molar-refractivity contribution in [3.63, 3.8) is 0 Å². The van der Waals surface area contributed by atoms with Gasteiger partial charge in [0.25, 0.3) is 0 Å². The summed E-state index contributed by atoms with van der Waals surface area (Å²) in [7, 11) is 0. The lowest BCUT2D eigenvalue weighted by atomic mass is 10.1. The largest absolute Gasteiger partial charge is 0.457 e. The number of amides is 2. The van der Waals surface area contributed by atoms with Crippen LogP contribution in [-0.2, 0) is 11.3 Å². The molecular weight excluding hydrogens is 322 g/mol. The van der Waals surface area contributed by atoms with Gasteiger partial charge < -0.3 is 25.4 Å². The number of nitrogens with zero attached hydrogens (tertiary/aromatic N) is 1. The average Bonchev–Trinajstić information content (AvgIpc) is 2.80. The molecule has 0 radical (unpaired) electrons. The normalized spacial score (nSPS) is 18.8. The summed E-state index contributed by atoms with van der Waals surface area (Å²) < 4.78 is 4.94. The summed E-state index contributed by atoms with van der Waals surface area (Å²) in [6.07, 6.45) is 4.26. The minimum atomic E-state index is -0.588. The van der Waals surface area contributed by atoms with Gasteiger partial charge >= 0.3 is 12.0 Å². The van der Waals surface area contributed by atoms with E-state index in [1.54, 1.807) is 18.2 Å². The van der Waals surface area contributed by atoms with Gasteiger partial charge in [-0.1, -0.05) is 12.8 Å². The summed E-state index contributed by atoms with van der Waals surface area (Å²) in [6, 6.07) is 4.67. The molecule has 3 rings (SSSR count). The molecule has 0 bridgehead atoms. The van der Waals surface area contributed by atoms with Gasteiger partial charge in [-0.05, 0) is 44.1 Å². The lowest BCUT2D eigenvalue weighted by molar-refractivity contribution is 0.0535. The molecule has 2 heterocycles. The Bertz CT molecular complexity index is 627. The lowest BCUT2D eigenvalue weighted by Gasteiger charge is -2.23. The number of rotatable bonds is 5. The Hall–Kier alpha value is -2.12. The zero-order chi connectivity index (χ0) is 17.6. The van der Waals surface area contributed by atoms with E-state index in [1.807, 2.05) is 0 Å². The second kappa shape index (κ2) is 8.31. The van der Waals surface area contributed by atoms with E-state index in [0.29, 0.717) is 17.8 Å². The number of urea groups is 1. The highest BCUT2D eigenvalue weighted by atomic mass is 16.5. The van der Waals surface area contributed by atoms with Gasteiger partial charge in [-0.25, -0.2) is 9.59 Å². The maximum atomic E-state index is 12.0. The number of nitrogens with one attached hydrogen (secondary N) is 2. The molecule has 0 aliphatic carbocycles. The Morgan fingerprint density at radius 2 is 2.00 bits per heavy atom. The molecule has 1 saturated heterocycles. The van der Waals surface area contributed by atoms with E-state index in [9.17, 15) is 14.7 Å². The maximum Gasteiger partial charge on any atom is 0.338 e. The van der Waals surface area contributed by atoms with E-state index in [1.165, 1.54) is 25.7 Å². The third-order valence-electron chi connectivity index (χ3n) is 4.61. The molecule has 1 aromatic carbocycles. The van der Waals surface area contributed by atoms with Crippen molar-refractivity contribution in [2.75, 3.05) is 31.5 Å². The smallest absolute Gasteiger partial charge is 0.338 e. The highest BCUT2D eigenvalue weighted by molar-refractivity contribution is 5.95. The molecule has 2 amide bonds. The monoisotopic (exact) mass is 347 g/mol. The fraction of sp³-hybridized carbons (Fsp3) is 0.556. The van der Waals surface area contributed by atoms with E-state index in [-0.39, 0.29) is 25.2 Å². The highest BCUT2D eigenvalue weighted by Gasteiger charge is 2.21. The number of β-amino-alcohol motifs (C(OH)–C–C–N with tert-alkyl or cyclic N) is 1. The molecule has 2 aliphatic heterocycles. The first-order valence-corrected chi connectivity index (χ1v) is 8.87. The van der Waals surface area contributed by atoms with Crippen molar-refractivity contribution < 1.29 is 19.4 Å². The van der Waals surface area contributed by atoms with E-state index in [2.05, 4.69) is 15.5 Å². The molecule has 0 aromatic heterocycles. The van der Waals surface area contributed by atoms with Crippen LogP contribution in [0.5, 0.6) is 0 Å². The molecule has 0 unspecified atom stereocenters. The number of ether oxygens (including phenoxy) is 1.